The van der Waals surface area contributed by atoms with Gasteiger partial charge in [0, 0.05) is 19.1 Å². The number of hydrogen-bond acceptors (Lipinski definition) is 7. The summed E-state index contributed by atoms with van der Waals surface area (Å²) < 4.78 is 65.6. The van der Waals surface area contributed by atoms with Crippen molar-refractivity contribution in [3.63, 3.8) is 0 Å². The second-order valence-electron chi connectivity index (χ2n) is 7.94. The highest BCUT2D eigenvalue weighted by Crippen LogP contribution is 2.40. The van der Waals surface area contributed by atoms with Gasteiger partial charge in [-0.1, -0.05) is 5.21 Å². The van der Waals surface area contributed by atoms with E-state index in [2.05, 4.69) is 10.3 Å². The summed E-state index contributed by atoms with van der Waals surface area (Å²) in [5, 5.41) is 8.10. The minimum Gasteiger partial charge on any atom is -0.376 e. The van der Waals surface area contributed by atoms with Gasteiger partial charge >= 0.3 is 0 Å². The number of carbonyl (C=O) groups is 1. The molecule has 0 N–H and O–H groups in total. The summed E-state index contributed by atoms with van der Waals surface area (Å²) in [6.45, 7) is 3.75. The summed E-state index contributed by atoms with van der Waals surface area (Å²) >= 11 is 0. The fourth-order valence-electron chi connectivity index (χ4n) is 4.07. The normalized spacial score (nSPS) is 30.1. The third kappa shape index (κ3) is 4.10. The van der Waals surface area contributed by atoms with Crippen LogP contribution >= 0.6 is 0 Å². The van der Waals surface area contributed by atoms with Crippen LogP contribution in [0.25, 0.3) is 11.3 Å². The van der Waals surface area contributed by atoms with Crippen LogP contribution in [0.3, 0.4) is 0 Å². The van der Waals surface area contributed by atoms with Crippen LogP contribution in [-0.4, -0.2) is 65.2 Å². The molecule has 2 saturated heterocycles. The average Bonchev–Trinajstić information content (AvgIpc) is 3.20. The molecule has 0 amide bonds. The first-order valence-corrected chi connectivity index (χ1v) is 9.74. The lowest BCUT2D eigenvalue weighted by Crippen LogP contribution is -2.62. The Bertz CT molecular complexity index is 946. The number of fused-ring (bicyclic) bond motifs is 1. The third-order valence-corrected chi connectivity index (χ3v) is 5.47. The van der Waals surface area contributed by atoms with E-state index in [1.165, 1.54) is 18.0 Å². The molecule has 0 saturated carbocycles. The van der Waals surface area contributed by atoms with Gasteiger partial charge in [-0.05, 0) is 26.0 Å². The molecule has 168 valence electrons. The van der Waals surface area contributed by atoms with Gasteiger partial charge in [-0.2, -0.15) is 0 Å². The Kier molecular flexibility index (Phi) is 5.86. The number of halogens is 3. The summed E-state index contributed by atoms with van der Waals surface area (Å²) in [4.78, 5) is 11.2. The van der Waals surface area contributed by atoms with E-state index in [9.17, 15) is 18.0 Å². The van der Waals surface area contributed by atoms with Gasteiger partial charge in [0.25, 0.3) is 0 Å². The maximum absolute atomic E-state index is 13.7. The molecule has 0 unspecified atom stereocenters. The first-order chi connectivity index (χ1) is 14.7. The number of ether oxygens (including phenoxy) is 4. The quantitative estimate of drug-likeness (QED) is 0.521. The summed E-state index contributed by atoms with van der Waals surface area (Å²) in [7, 11) is 1.48. The molecule has 1 aromatic carbocycles. The molecule has 1 aromatic heterocycles. The zero-order valence-corrected chi connectivity index (χ0v) is 17.1. The Morgan fingerprint density at radius 1 is 1.29 bits per heavy atom. The molecule has 0 spiro atoms. The Morgan fingerprint density at radius 2 is 2.00 bits per heavy atom. The van der Waals surface area contributed by atoms with Crippen molar-refractivity contribution in [1.82, 2.24) is 15.0 Å². The van der Waals surface area contributed by atoms with Gasteiger partial charge in [0.05, 0.1) is 18.9 Å². The molecule has 5 atom stereocenters. The lowest BCUT2D eigenvalue weighted by Gasteiger charge is -2.50. The van der Waals surface area contributed by atoms with Crippen molar-refractivity contribution in [3.05, 3.63) is 35.8 Å². The Balaban J connectivity index is 1.73. The van der Waals surface area contributed by atoms with Gasteiger partial charge in [-0.25, -0.2) is 17.9 Å². The van der Waals surface area contributed by atoms with Crippen molar-refractivity contribution in [2.75, 3.05) is 13.7 Å². The molecule has 0 bridgehead atoms. The molecule has 2 fully saturated rings. The number of carbonyl (C=O) groups excluding carboxylic acids is 1. The van der Waals surface area contributed by atoms with Gasteiger partial charge in [-0.3, -0.25) is 0 Å². The molecular weight excluding hydrogens is 419 g/mol. The van der Waals surface area contributed by atoms with E-state index in [0.29, 0.717) is 0 Å². The minimum absolute atomic E-state index is 0.0258. The molecule has 31 heavy (non-hydrogen) atoms. The Morgan fingerprint density at radius 3 is 2.65 bits per heavy atom. The van der Waals surface area contributed by atoms with Crippen LogP contribution in [0.2, 0.25) is 0 Å². The zero-order valence-electron chi connectivity index (χ0n) is 17.1. The number of aromatic nitrogens is 3. The number of benzene rings is 1. The lowest BCUT2D eigenvalue weighted by molar-refractivity contribution is -0.349. The molecule has 11 heteroatoms. The highest BCUT2D eigenvalue weighted by Gasteiger charge is 2.52. The standard InChI is InChI=1S/C20H22F3N3O5/c1-20(2)29-9-15-19(31-20)17(18(28-3)14(30-15)4-5-27)26-8-13(24-25-26)10-6-11(21)16(23)12(22)7-10/h5-8,14-15,17-19H,4,9H2,1-3H3/t14-,15-,17-,18+,19+/m1/s1. The van der Waals surface area contributed by atoms with Crippen molar-refractivity contribution in [1.29, 1.82) is 0 Å². The smallest absolute Gasteiger partial charge is 0.194 e. The molecule has 0 radical (unpaired) electrons. The van der Waals surface area contributed by atoms with Crippen molar-refractivity contribution in [2.24, 2.45) is 0 Å². The van der Waals surface area contributed by atoms with Gasteiger partial charge in [0.2, 0.25) is 0 Å². The first kappa shape index (κ1) is 21.9. The van der Waals surface area contributed by atoms with Crippen LogP contribution in [0.4, 0.5) is 13.2 Å². The third-order valence-electron chi connectivity index (χ3n) is 5.47. The maximum Gasteiger partial charge on any atom is 0.194 e. The van der Waals surface area contributed by atoms with Gasteiger partial charge in [0.15, 0.2) is 23.2 Å². The number of nitrogens with zero attached hydrogens (tertiary/aromatic N) is 3. The van der Waals surface area contributed by atoms with Crippen LogP contribution < -0.4 is 0 Å². The topological polar surface area (TPSA) is 84.7 Å². The predicted octanol–water partition coefficient (Wildman–Crippen LogP) is 2.43. The second-order valence-corrected chi connectivity index (χ2v) is 7.94. The van der Waals surface area contributed by atoms with E-state index in [-0.39, 0.29) is 24.3 Å². The predicted molar refractivity (Wildman–Crippen MR) is 99.4 cm³/mol. The Hall–Kier alpha value is -2.34. The summed E-state index contributed by atoms with van der Waals surface area (Å²) in [6, 6.07) is 1.11. The molecule has 8 nitrogen and oxygen atoms in total. The van der Waals surface area contributed by atoms with Crippen molar-refractivity contribution >= 4 is 6.29 Å². The highest BCUT2D eigenvalue weighted by atomic mass is 19.2. The molecular formula is C20H22F3N3O5. The second kappa shape index (κ2) is 8.30. The van der Waals surface area contributed by atoms with E-state index in [1.807, 2.05) is 0 Å². The van der Waals surface area contributed by atoms with E-state index in [0.717, 1.165) is 18.4 Å². The van der Waals surface area contributed by atoms with Crippen molar-refractivity contribution in [2.45, 2.75) is 56.5 Å². The first-order valence-electron chi connectivity index (χ1n) is 9.74. The summed E-state index contributed by atoms with van der Waals surface area (Å²) in [5.41, 5.74) is 0.159. The van der Waals surface area contributed by atoms with E-state index in [4.69, 9.17) is 18.9 Å². The molecule has 2 aliphatic heterocycles. The summed E-state index contributed by atoms with van der Waals surface area (Å²) in [6.07, 6.45) is 0.00837. The van der Waals surface area contributed by atoms with Crippen LogP contribution in [0, 0.1) is 17.5 Å². The Labute approximate surface area is 176 Å². The van der Waals surface area contributed by atoms with Gasteiger partial charge in [-0.15, -0.1) is 5.10 Å². The maximum atomic E-state index is 13.7. The molecule has 2 aromatic rings. The van der Waals surface area contributed by atoms with E-state index in [1.54, 1.807) is 13.8 Å². The molecule has 4 rings (SSSR count). The molecule has 0 aliphatic carbocycles. The van der Waals surface area contributed by atoms with Crippen LogP contribution in [0.1, 0.15) is 26.3 Å². The molecule has 3 heterocycles. The molecule has 2 aliphatic rings. The van der Waals surface area contributed by atoms with Gasteiger partial charge < -0.3 is 23.7 Å². The van der Waals surface area contributed by atoms with E-state index >= 15 is 0 Å². The highest BCUT2D eigenvalue weighted by molar-refractivity contribution is 5.58. The number of methoxy groups -OCH3 is 1. The number of rotatable bonds is 5. The average molecular weight is 441 g/mol. The summed E-state index contributed by atoms with van der Waals surface area (Å²) in [5.74, 6) is -5.11. The monoisotopic (exact) mass is 441 g/mol. The number of hydrogen-bond donors (Lipinski definition) is 0. The number of aldehydes is 1. The van der Waals surface area contributed by atoms with Crippen LogP contribution in [0.5, 0.6) is 0 Å². The van der Waals surface area contributed by atoms with Crippen LogP contribution in [0.15, 0.2) is 18.3 Å². The lowest BCUT2D eigenvalue weighted by atomic mass is 9.90. The van der Waals surface area contributed by atoms with E-state index < -0.39 is 53.7 Å². The van der Waals surface area contributed by atoms with Crippen molar-refractivity contribution < 1.29 is 36.9 Å². The van der Waals surface area contributed by atoms with Crippen molar-refractivity contribution in [3.8, 4) is 11.3 Å². The fraction of sp³-hybridized carbons (Fsp3) is 0.550. The SMILES string of the molecule is CO[C@@H]1[C@@H](n2cc(-c3cc(F)c(F)c(F)c3)nn2)[C@H]2OC(C)(C)OC[C@H]2O[C@@H]1CC=O. The largest absolute Gasteiger partial charge is 0.376 e. The minimum atomic E-state index is -1.56. The fourth-order valence-corrected chi connectivity index (χ4v) is 4.07. The zero-order chi connectivity index (χ0) is 22.3. The van der Waals surface area contributed by atoms with Gasteiger partial charge in [0.1, 0.15) is 36.3 Å². The van der Waals surface area contributed by atoms with Crippen LogP contribution in [-0.2, 0) is 23.7 Å².